The van der Waals surface area contributed by atoms with Crippen LogP contribution in [0.3, 0.4) is 0 Å². The topological polar surface area (TPSA) is 78.4 Å². The summed E-state index contributed by atoms with van der Waals surface area (Å²) in [5.74, 6) is -0.259. The third-order valence-corrected chi connectivity index (χ3v) is 3.38. The highest BCUT2D eigenvalue weighted by Gasteiger charge is 2.32. The molecule has 5 heteroatoms. The predicted molar refractivity (Wildman–Crippen MR) is 85.3 cm³/mol. The molecule has 0 aliphatic rings. The molecule has 0 rings (SSSR count). The average Bonchev–Trinajstić information content (AvgIpc) is 2.32. The van der Waals surface area contributed by atoms with Crippen LogP contribution in [0.5, 0.6) is 0 Å². The van der Waals surface area contributed by atoms with Crippen molar-refractivity contribution in [2.24, 2.45) is 11.3 Å². The van der Waals surface area contributed by atoms with Crippen molar-refractivity contribution in [3.8, 4) is 0 Å². The highest BCUT2D eigenvalue weighted by atomic mass is 16.4. The van der Waals surface area contributed by atoms with Gasteiger partial charge in [-0.3, -0.25) is 0 Å². The summed E-state index contributed by atoms with van der Waals surface area (Å²) in [5, 5.41) is 14.4. The van der Waals surface area contributed by atoms with Gasteiger partial charge in [0.2, 0.25) is 0 Å². The van der Waals surface area contributed by atoms with Gasteiger partial charge in [-0.15, -0.1) is 0 Å². The molecule has 1 atom stereocenters. The van der Waals surface area contributed by atoms with Gasteiger partial charge in [0.25, 0.3) is 0 Å². The Morgan fingerprint density at radius 2 is 1.62 bits per heavy atom. The normalized spacial score (nSPS) is 13.0. The van der Waals surface area contributed by atoms with Crippen LogP contribution in [-0.2, 0) is 4.79 Å². The van der Waals surface area contributed by atoms with E-state index >= 15 is 0 Å². The molecule has 0 fully saturated rings. The van der Waals surface area contributed by atoms with Gasteiger partial charge in [-0.25, -0.2) is 9.59 Å². The molecule has 0 aromatic heterocycles. The first-order valence-electron chi connectivity index (χ1n) is 7.91. The second-order valence-electron chi connectivity index (χ2n) is 7.13. The van der Waals surface area contributed by atoms with Crippen LogP contribution in [-0.4, -0.2) is 29.7 Å². The highest BCUT2D eigenvalue weighted by molar-refractivity contribution is 5.83. The maximum Gasteiger partial charge on any atom is 0.326 e. The fourth-order valence-electron chi connectivity index (χ4n) is 2.06. The van der Waals surface area contributed by atoms with Gasteiger partial charge < -0.3 is 15.7 Å². The Kier molecular flexibility index (Phi) is 9.06. The summed E-state index contributed by atoms with van der Waals surface area (Å²) in [6, 6.07) is -1.29. The summed E-state index contributed by atoms with van der Waals surface area (Å²) in [5.41, 5.74) is -0.514. The molecule has 0 saturated carbocycles. The number of amides is 2. The van der Waals surface area contributed by atoms with Crippen molar-refractivity contribution < 1.29 is 14.7 Å². The predicted octanol–water partition coefficient (Wildman–Crippen LogP) is 3.39. The summed E-state index contributed by atoms with van der Waals surface area (Å²) >= 11 is 0. The SMILES string of the molecule is CC(C)CCCCCCNC(=O)N[C@H](C(=O)O)C(C)(C)C. The Labute approximate surface area is 128 Å². The number of hydrogen-bond acceptors (Lipinski definition) is 2. The lowest BCUT2D eigenvalue weighted by Crippen LogP contribution is -2.52. The molecule has 5 nitrogen and oxygen atoms in total. The lowest BCUT2D eigenvalue weighted by Gasteiger charge is -2.27. The lowest BCUT2D eigenvalue weighted by atomic mass is 9.87. The molecule has 0 aliphatic carbocycles. The first-order valence-corrected chi connectivity index (χ1v) is 7.91. The summed E-state index contributed by atoms with van der Waals surface area (Å²) in [6.45, 7) is 10.4. The Bertz CT molecular complexity index is 322. The lowest BCUT2D eigenvalue weighted by molar-refractivity contribution is -0.141. The number of hydrogen-bond donors (Lipinski definition) is 3. The molecule has 0 aromatic rings. The molecule has 0 bridgehead atoms. The maximum absolute atomic E-state index is 11.7. The molecular weight excluding hydrogens is 268 g/mol. The van der Waals surface area contributed by atoms with E-state index in [4.69, 9.17) is 5.11 Å². The van der Waals surface area contributed by atoms with Crippen molar-refractivity contribution in [1.82, 2.24) is 10.6 Å². The van der Waals surface area contributed by atoms with Crippen LogP contribution in [0.25, 0.3) is 0 Å². The summed E-state index contributed by atoms with van der Waals surface area (Å²) in [6.07, 6.45) is 5.68. The maximum atomic E-state index is 11.7. The molecule has 0 aliphatic heterocycles. The summed E-state index contributed by atoms with van der Waals surface area (Å²) in [4.78, 5) is 22.8. The number of carbonyl (C=O) groups excluding carboxylic acids is 1. The van der Waals surface area contributed by atoms with Crippen LogP contribution in [0, 0.1) is 11.3 Å². The van der Waals surface area contributed by atoms with E-state index in [1.54, 1.807) is 20.8 Å². The molecule has 124 valence electrons. The van der Waals surface area contributed by atoms with Gasteiger partial charge in [0.15, 0.2) is 0 Å². The largest absolute Gasteiger partial charge is 0.480 e. The van der Waals surface area contributed by atoms with E-state index in [2.05, 4.69) is 24.5 Å². The Balaban J connectivity index is 3.82. The van der Waals surface area contributed by atoms with Gasteiger partial charge in [-0.1, -0.05) is 60.3 Å². The Hall–Kier alpha value is -1.26. The number of rotatable bonds is 9. The number of nitrogens with one attached hydrogen (secondary N) is 2. The minimum atomic E-state index is -1.01. The van der Waals surface area contributed by atoms with E-state index < -0.39 is 23.5 Å². The fraction of sp³-hybridized carbons (Fsp3) is 0.875. The molecule has 0 heterocycles. The standard InChI is InChI=1S/C16H32N2O3/c1-12(2)10-8-6-7-9-11-17-15(21)18-13(14(19)20)16(3,4)5/h12-13H,6-11H2,1-5H3,(H,19,20)(H2,17,18,21)/t13-/m1/s1. The molecule has 2 amide bonds. The average molecular weight is 300 g/mol. The Morgan fingerprint density at radius 3 is 2.10 bits per heavy atom. The molecule has 0 radical (unpaired) electrons. The summed E-state index contributed by atoms with van der Waals surface area (Å²) in [7, 11) is 0. The van der Waals surface area contributed by atoms with Crippen LogP contribution < -0.4 is 10.6 Å². The monoisotopic (exact) mass is 300 g/mol. The van der Waals surface area contributed by atoms with Crippen LogP contribution in [0.15, 0.2) is 0 Å². The third kappa shape index (κ3) is 10.2. The van der Waals surface area contributed by atoms with Crippen molar-refractivity contribution in [1.29, 1.82) is 0 Å². The molecule has 0 unspecified atom stereocenters. The van der Waals surface area contributed by atoms with Gasteiger partial charge in [0.05, 0.1) is 0 Å². The van der Waals surface area contributed by atoms with E-state index in [1.165, 1.54) is 19.3 Å². The van der Waals surface area contributed by atoms with Crippen LogP contribution >= 0.6 is 0 Å². The minimum absolute atomic E-state index is 0.403. The quantitative estimate of drug-likeness (QED) is 0.571. The molecule has 3 N–H and O–H groups in total. The van der Waals surface area contributed by atoms with Gasteiger partial charge >= 0.3 is 12.0 Å². The molecule has 21 heavy (non-hydrogen) atoms. The zero-order valence-corrected chi connectivity index (χ0v) is 14.2. The van der Waals surface area contributed by atoms with E-state index in [0.29, 0.717) is 6.54 Å². The fourth-order valence-corrected chi connectivity index (χ4v) is 2.06. The molecular formula is C16H32N2O3. The number of aliphatic carboxylic acids is 1. The molecule has 0 saturated heterocycles. The number of urea groups is 1. The number of carboxylic acids is 1. The number of carbonyl (C=O) groups is 2. The van der Waals surface area contributed by atoms with Crippen molar-refractivity contribution in [2.45, 2.75) is 72.8 Å². The van der Waals surface area contributed by atoms with Crippen molar-refractivity contribution in [3.63, 3.8) is 0 Å². The number of unbranched alkanes of at least 4 members (excludes halogenated alkanes) is 3. The van der Waals surface area contributed by atoms with E-state index in [-0.39, 0.29) is 0 Å². The molecule has 0 aromatic carbocycles. The van der Waals surface area contributed by atoms with Crippen LogP contribution in [0.1, 0.15) is 66.7 Å². The smallest absolute Gasteiger partial charge is 0.326 e. The number of carboxylic acid groups (broad SMARTS) is 1. The van der Waals surface area contributed by atoms with E-state index in [1.807, 2.05) is 0 Å². The van der Waals surface area contributed by atoms with E-state index in [9.17, 15) is 9.59 Å². The third-order valence-electron chi connectivity index (χ3n) is 3.38. The van der Waals surface area contributed by atoms with Gasteiger partial charge in [-0.2, -0.15) is 0 Å². The Morgan fingerprint density at radius 1 is 1.05 bits per heavy atom. The first-order chi connectivity index (χ1) is 9.64. The zero-order valence-electron chi connectivity index (χ0n) is 14.2. The molecule has 0 spiro atoms. The van der Waals surface area contributed by atoms with Crippen LogP contribution in [0.4, 0.5) is 4.79 Å². The van der Waals surface area contributed by atoms with Gasteiger partial charge in [0.1, 0.15) is 6.04 Å². The van der Waals surface area contributed by atoms with Crippen LogP contribution in [0.2, 0.25) is 0 Å². The second kappa shape index (κ2) is 9.64. The zero-order chi connectivity index (χ0) is 16.5. The first kappa shape index (κ1) is 19.7. The van der Waals surface area contributed by atoms with Gasteiger partial charge in [0, 0.05) is 6.54 Å². The minimum Gasteiger partial charge on any atom is -0.480 e. The van der Waals surface area contributed by atoms with Crippen molar-refractivity contribution in [2.75, 3.05) is 6.54 Å². The van der Waals surface area contributed by atoms with E-state index in [0.717, 1.165) is 18.8 Å². The van der Waals surface area contributed by atoms with Crippen molar-refractivity contribution >= 4 is 12.0 Å². The summed E-state index contributed by atoms with van der Waals surface area (Å²) < 4.78 is 0. The van der Waals surface area contributed by atoms with Crippen molar-refractivity contribution in [3.05, 3.63) is 0 Å². The second-order valence-corrected chi connectivity index (χ2v) is 7.13. The van der Waals surface area contributed by atoms with Gasteiger partial charge in [-0.05, 0) is 17.8 Å². The highest BCUT2D eigenvalue weighted by Crippen LogP contribution is 2.19.